The Hall–Kier alpha value is -2.36. The standard InChI is InChI=1S/C15H12ClFN4O.ClH/c1-8(10-2-9(6-18)3-12(17)4-10)21-7-11(16)5-13(14(21)19)15(20)22;/h2-5,7-8,19H,1H3,(H2,20,22);1H. The summed E-state index contributed by atoms with van der Waals surface area (Å²) in [4.78, 5) is 11.4. The van der Waals surface area contributed by atoms with Gasteiger partial charge in [0.05, 0.1) is 28.3 Å². The van der Waals surface area contributed by atoms with Crippen molar-refractivity contribution in [2.24, 2.45) is 5.73 Å². The van der Waals surface area contributed by atoms with E-state index in [0.717, 1.165) is 6.07 Å². The zero-order chi connectivity index (χ0) is 16.4. The zero-order valence-corrected chi connectivity index (χ0v) is 13.6. The Morgan fingerprint density at radius 1 is 1.43 bits per heavy atom. The molecular formula is C15H13Cl2FN4O. The average molecular weight is 355 g/mol. The lowest BCUT2D eigenvalue weighted by Crippen LogP contribution is -2.31. The van der Waals surface area contributed by atoms with Crippen molar-refractivity contribution in [3.8, 4) is 6.07 Å². The molecule has 0 saturated carbocycles. The third kappa shape index (κ3) is 3.89. The number of halogens is 3. The van der Waals surface area contributed by atoms with E-state index >= 15 is 0 Å². The molecule has 0 saturated heterocycles. The molecule has 1 aromatic heterocycles. The van der Waals surface area contributed by atoms with Gasteiger partial charge < -0.3 is 10.3 Å². The molecule has 1 aromatic carbocycles. The molecule has 0 spiro atoms. The van der Waals surface area contributed by atoms with E-state index in [1.165, 1.54) is 29.0 Å². The quantitative estimate of drug-likeness (QED) is 0.886. The molecule has 8 heteroatoms. The van der Waals surface area contributed by atoms with Crippen LogP contribution in [0.15, 0.2) is 30.5 Å². The molecule has 2 rings (SSSR count). The van der Waals surface area contributed by atoms with Crippen molar-refractivity contribution in [3.63, 3.8) is 0 Å². The van der Waals surface area contributed by atoms with Crippen LogP contribution in [0.2, 0.25) is 5.02 Å². The number of amides is 1. The summed E-state index contributed by atoms with van der Waals surface area (Å²) in [5.41, 5.74) is 5.72. The second kappa shape index (κ2) is 7.27. The lowest BCUT2D eigenvalue weighted by atomic mass is 10.0. The molecule has 120 valence electrons. The molecule has 0 aliphatic heterocycles. The highest BCUT2D eigenvalue weighted by molar-refractivity contribution is 6.30. The zero-order valence-electron chi connectivity index (χ0n) is 12.0. The second-order valence-electron chi connectivity index (χ2n) is 4.75. The lowest BCUT2D eigenvalue weighted by Gasteiger charge is -2.18. The van der Waals surface area contributed by atoms with Crippen LogP contribution in [0.1, 0.15) is 34.5 Å². The Labute approximate surface area is 143 Å². The first kappa shape index (κ1) is 18.7. The maximum Gasteiger partial charge on any atom is 0.252 e. The van der Waals surface area contributed by atoms with Crippen LogP contribution in [-0.2, 0) is 0 Å². The Balaban J connectivity index is 0.00000264. The summed E-state index contributed by atoms with van der Waals surface area (Å²) in [6.45, 7) is 1.70. The molecule has 1 atom stereocenters. The minimum Gasteiger partial charge on any atom is -0.365 e. The van der Waals surface area contributed by atoms with Crippen LogP contribution in [0.25, 0.3) is 0 Å². The monoisotopic (exact) mass is 354 g/mol. The van der Waals surface area contributed by atoms with Crippen LogP contribution in [-0.4, -0.2) is 10.5 Å². The van der Waals surface area contributed by atoms with Gasteiger partial charge >= 0.3 is 0 Å². The van der Waals surface area contributed by atoms with Gasteiger partial charge in [0.25, 0.3) is 5.91 Å². The number of hydrogen-bond donors (Lipinski definition) is 2. The largest absolute Gasteiger partial charge is 0.365 e. The van der Waals surface area contributed by atoms with Gasteiger partial charge in [0.2, 0.25) is 0 Å². The summed E-state index contributed by atoms with van der Waals surface area (Å²) >= 11 is 5.95. The van der Waals surface area contributed by atoms with E-state index in [9.17, 15) is 9.18 Å². The van der Waals surface area contributed by atoms with Gasteiger partial charge in [-0.25, -0.2) is 4.39 Å². The van der Waals surface area contributed by atoms with E-state index in [4.69, 9.17) is 28.0 Å². The van der Waals surface area contributed by atoms with Crippen molar-refractivity contribution in [2.45, 2.75) is 13.0 Å². The molecular weight excluding hydrogens is 342 g/mol. The van der Waals surface area contributed by atoms with Crippen molar-refractivity contribution in [1.82, 2.24) is 4.57 Å². The van der Waals surface area contributed by atoms with Crippen molar-refractivity contribution < 1.29 is 9.18 Å². The highest BCUT2D eigenvalue weighted by Gasteiger charge is 2.15. The number of primary amides is 1. The van der Waals surface area contributed by atoms with Gasteiger partial charge in [0.15, 0.2) is 0 Å². The minimum atomic E-state index is -0.773. The molecule has 0 bridgehead atoms. The molecule has 0 aliphatic carbocycles. The first-order valence-electron chi connectivity index (χ1n) is 6.30. The Morgan fingerprint density at radius 3 is 2.65 bits per heavy atom. The van der Waals surface area contributed by atoms with Gasteiger partial charge in [0.1, 0.15) is 11.3 Å². The smallest absolute Gasteiger partial charge is 0.252 e. The molecule has 0 fully saturated rings. The molecule has 0 aliphatic rings. The molecule has 0 radical (unpaired) electrons. The first-order valence-corrected chi connectivity index (χ1v) is 6.68. The van der Waals surface area contributed by atoms with E-state index in [-0.39, 0.29) is 34.0 Å². The Bertz CT molecular complexity index is 858. The summed E-state index contributed by atoms with van der Waals surface area (Å²) < 4.78 is 15.0. The molecule has 3 N–H and O–H groups in total. The fourth-order valence-electron chi connectivity index (χ4n) is 2.15. The molecule has 1 unspecified atom stereocenters. The van der Waals surface area contributed by atoms with E-state index in [2.05, 4.69) is 0 Å². The van der Waals surface area contributed by atoms with Crippen LogP contribution in [0.4, 0.5) is 4.39 Å². The number of pyridine rings is 1. The fourth-order valence-corrected chi connectivity index (χ4v) is 2.37. The summed E-state index contributed by atoms with van der Waals surface area (Å²) in [5.74, 6) is -1.32. The predicted octanol–water partition coefficient (Wildman–Crippen LogP) is 2.76. The summed E-state index contributed by atoms with van der Waals surface area (Å²) in [7, 11) is 0. The molecule has 23 heavy (non-hydrogen) atoms. The predicted molar refractivity (Wildman–Crippen MR) is 86.0 cm³/mol. The fraction of sp³-hybridized carbons (Fsp3) is 0.133. The summed E-state index contributed by atoms with van der Waals surface area (Å²) in [6.07, 6.45) is 1.46. The van der Waals surface area contributed by atoms with Gasteiger partial charge in [-0.1, -0.05) is 11.6 Å². The number of carbonyl (C=O) groups excluding carboxylic acids is 1. The van der Waals surface area contributed by atoms with Gasteiger partial charge in [-0.2, -0.15) is 5.26 Å². The van der Waals surface area contributed by atoms with Crippen molar-refractivity contribution in [2.75, 3.05) is 0 Å². The topological polar surface area (TPSA) is 95.7 Å². The number of benzene rings is 1. The number of nitrogens with one attached hydrogen (secondary N) is 1. The van der Waals surface area contributed by atoms with E-state index in [1.54, 1.807) is 6.92 Å². The van der Waals surface area contributed by atoms with Gasteiger partial charge in [-0.05, 0) is 36.8 Å². The second-order valence-corrected chi connectivity index (χ2v) is 5.19. The van der Waals surface area contributed by atoms with Crippen molar-refractivity contribution in [1.29, 1.82) is 10.7 Å². The van der Waals surface area contributed by atoms with Crippen LogP contribution in [0.3, 0.4) is 0 Å². The summed E-state index contributed by atoms with van der Waals surface area (Å²) in [5, 5.41) is 17.2. The number of rotatable bonds is 3. The first-order chi connectivity index (χ1) is 10.3. The van der Waals surface area contributed by atoms with Gasteiger partial charge in [-0.15, -0.1) is 12.4 Å². The number of nitrogens with zero attached hydrogens (tertiary/aromatic N) is 2. The molecule has 2 aromatic rings. The van der Waals surface area contributed by atoms with E-state index < -0.39 is 17.8 Å². The number of carbonyl (C=O) groups is 1. The number of nitrogens with two attached hydrogens (primary N) is 1. The third-order valence-electron chi connectivity index (χ3n) is 3.27. The third-order valence-corrected chi connectivity index (χ3v) is 3.48. The van der Waals surface area contributed by atoms with Crippen molar-refractivity contribution in [3.05, 3.63) is 63.5 Å². The normalized spacial score (nSPS) is 11.2. The maximum absolute atomic E-state index is 13.6. The molecule has 1 amide bonds. The van der Waals surface area contributed by atoms with Crippen LogP contribution in [0.5, 0.6) is 0 Å². The van der Waals surface area contributed by atoms with E-state index in [1.807, 2.05) is 6.07 Å². The molecule has 1 heterocycles. The Kier molecular flexibility index (Phi) is 5.91. The van der Waals surface area contributed by atoms with Gasteiger partial charge in [0, 0.05) is 6.20 Å². The minimum absolute atomic E-state index is 0. The molecule has 5 nitrogen and oxygen atoms in total. The highest BCUT2D eigenvalue weighted by Crippen LogP contribution is 2.21. The average Bonchev–Trinajstić information content (AvgIpc) is 2.47. The highest BCUT2D eigenvalue weighted by atomic mass is 35.5. The van der Waals surface area contributed by atoms with Crippen LogP contribution in [0, 0.1) is 22.6 Å². The maximum atomic E-state index is 13.6. The number of nitriles is 1. The van der Waals surface area contributed by atoms with Crippen LogP contribution < -0.4 is 11.2 Å². The lowest BCUT2D eigenvalue weighted by molar-refractivity contribution is 0.0997. The SMILES string of the molecule is CC(c1cc(F)cc(C#N)c1)n1cc(Cl)cc(C(N)=O)c1=N.Cl. The Morgan fingerprint density at radius 2 is 2.09 bits per heavy atom. The van der Waals surface area contributed by atoms with Crippen LogP contribution >= 0.6 is 24.0 Å². The number of hydrogen-bond acceptors (Lipinski definition) is 3. The van der Waals surface area contributed by atoms with Crippen molar-refractivity contribution >= 4 is 29.9 Å². The summed E-state index contributed by atoms with van der Waals surface area (Å²) in [6, 6.07) is 6.58. The van der Waals surface area contributed by atoms with E-state index in [0.29, 0.717) is 5.56 Å². The van der Waals surface area contributed by atoms with Gasteiger partial charge in [-0.3, -0.25) is 10.2 Å². The number of aromatic nitrogens is 1.